The number of nitrogens with one attached hydrogen (secondary N) is 1. The van der Waals surface area contributed by atoms with Crippen LogP contribution in [0.1, 0.15) is 83.1 Å². The van der Waals surface area contributed by atoms with E-state index in [2.05, 4.69) is 84.9 Å². The highest BCUT2D eigenvalue weighted by atomic mass is 16.9. The van der Waals surface area contributed by atoms with Crippen LogP contribution in [0.2, 0.25) is 0 Å². The van der Waals surface area contributed by atoms with Crippen molar-refractivity contribution >= 4 is 12.4 Å². The molecule has 0 aromatic carbocycles. The Bertz CT molecular complexity index is 417. The lowest BCUT2D eigenvalue weighted by Crippen LogP contribution is -2.47. The highest BCUT2D eigenvalue weighted by Crippen LogP contribution is 2.23. The molecule has 0 radical (unpaired) electrons. The van der Waals surface area contributed by atoms with Gasteiger partial charge in [0.15, 0.2) is 0 Å². The summed E-state index contributed by atoms with van der Waals surface area (Å²) in [6, 6.07) is 0. The molecule has 0 fully saturated rings. The topological polar surface area (TPSA) is 55.2 Å². The number of aliphatic imine (C=N–C) groups is 2. The van der Waals surface area contributed by atoms with Crippen LogP contribution in [0.3, 0.4) is 0 Å². The predicted molar refractivity (Wildman–Crippen MR) is 108 cm³/mol. The van der Waals surface area contributed by atoms with Gasteiger partial charge in [0.1, 0.15) is 11.2 Å². The molecule has 148 valence electrons. The first kappa shape index (κ1) is 24.2. The minimum absolute atomic E-state index is 0.147. The van der Waals surface area contributed by atoms with Crippen LogP contribution in [0.25, 0.3) is 0 Å². The standard InChI is InChI=1S/C20H41N3O2/c1-15(2)19(11,13-21-17(5,6)7)24-23-25-20(12,16(3)4)14-22-18(8,9)10/h13-16,23H,1-12H3/b21-13+,22-14+. The molecule has 2 atom stereocenters. The maximum absolute atomic E-state index is 5.88. The van der Waals surface area contributed by atoms with Crippen LogP contribution < -0.4 is 5.64 Å². The van der Waals surface area contributed by atoms with E-state index in [1.165, 1.54) is 0 Å². The Morgan fingerprint density at radius 3 is 1.12 bits per heavy atom. The van der Waals surface area contributed by atoms with Crippen molar-refractivity contribution < 1.29 is 9.68 Å². The molecule has 0 rings (SSSR count). The molecule has 0 aliphatic rings. The molecule has 0 heterocycles. The Hall–Kier alpha value is -0.780. The van der Waals surface area contributed by atoms with Crippen LogP contribution in [0.15, 0.2) is 9.98 Å². The Kier molecular flexibility index (Phi) is 8.47. The third kappa shape index (κ3) is 9.47. The molecule has 0 aromatic rings. The van der Waals surface area contributed by atoms with Crippen LogP contribution in [0.5, 0.6) is 0 Å². The maximum Gasteiger partial charge on any atom is 0.126 e. The molecule has 0 saturated heterocycles. The second kappa shape index (κ2) is 8.74. The monoisotopic (exact) mass is 355 g/mol. The second-order valence-corrected chi connectivity index (χ2v) is 9.82. The summed E-state index contributed by atoms with van der Waals surface area (Å²) >= 11 is 0. The van der Waals surface area contributed by atoms with Gasteiger partial charge in [0.2, 0.25) is 0 Å². The fourth-order valence-corrected chi connectivity index (χ4v) is 1.43. The Morgan fingerprint density at radius 2 is 0.920 bits per heavy atom. The van der Waals surface area contributed by atoms with E-state index in [0.29, 0.717) is 0 Å². The van der Waals surface area contributed by atoms with Crippen molar-refractivity contribution in [1.82, 2.24) is 5.64 Å². The largest absolute Gasteiger partial charge is 0.289 e. The average Bonchev–Trinajstić information content (AvgIpc) is 2.41. The zero-order valence-corrected chi connectivity index (χ0v) is 18.5. The summed E-state index contributed by atoms with van der Waals surface area (Å²) in [5, 5.41) is 0. The summed E-state index contributed by atoms with van der Waals surface area (Å²) in [5.74, 6) is 0.450. The molecular formula is C20H41N3O2. The minimum Gasteiger partial charge on any atom is -0.289 e. The molecule has 1 N–H and O–H groups in total. The third-order valence-electron chi connectivity index (χ3n) is 4.23. The van der Waals surface area contributed by atoms with Gasteiger partial charge in [-0.15, -0.1) is 0 Å². The Morgan fingerprint density at radius 1 is 0.640 bits per heavy atom. The fourth-order valence-electron chi connectivity index (χ4n) is 1.43. The summed E-state index contributed by atoms with van der Waals surface area (Å²) in [6.45, 7) is 24.8. The number of hydrogen-bond donors (Lipinski definition) is 1. The molecule has 0 saturated carbocycles. The molecule has 0 aliphatic heterocycles. The fraction of sp³-hybridized carbons (Fsp3) is 0.900. The molecule has 5 nitrogen and oxygen atoms in total. The van der Waals surface area contributed by atoms with E-state index >= 15 is 0 Å². The highest BCUT2D eigenvalue weighted by molar-refractivity contribution is 5.69. The number of hydrogen-bond acceptors (Lipinski definition) is 5. The number of rotatable bonds is 8. The number of nitrogens with zero attached hydrogens (tertiary/aromatic N) is 2. The van der Waals surface area contributed by atoms with Crippen LogP contribution >= 0.6 is 0 Å². The van der Waals surface area contributed by atoms with Crippen molar-refractivity contribution in [2.75, 3.05) is 0 Å². The van der Waals surface area contributed by atoms with Gasteiger partial charge < -0.3 is 0 Å². The van der Waals surface area contributed by atoms with Crippen LogP contribution in [0.4, 0.5) is 0 Å². The van der Waals surface area contributed by atoms with Gasteiger partial charge in [-0.3, -0.25) is 19.7 Å². The summed E-state index contributed by atoms with van der Waals surface area (Å²) in [6.07, 6.45) is 3.73. The first-order valence-corrected chi connectivity index (χ1v) is 9.24. The molecule has 0 aromatic heterocycles. The minimum atomic E-state index is -0.577. The SMILES string of the molecule is CC(C)C(C)(/C=N/C(C)(C)C)ONOC(C)(/C=N/C(C)(C)C)C(C)C. The van der Waals surface area contributed by atoms with Crippen LogP contribution in [-0.4, -0.2) is 34.7 Å². The average molecular weight is 356 g/mol. The third-order valence-corrected chi connectivity index (χ3v) is 4.23. The van der Waals surface area contributed by atoms with Gasteiger partial charge in [0.25, 0.3) is 0 Å². The first-order valence-electron chi connectivity index (χ1n) is 9.24. The molecule has 2 unspecified atom stereocenters. The second-order valence-electron chi connectivity index (χ2n) is 9.82. The predicted octanol–water partition coefficient (Wildman–Crippen LogP) is 5.01. The van der Waals surface area contributed by atoms with Crippen molar-refractivity contribution in [1.29, 1.82) is 0 Å². The summed E-state index contributed by atoms with van der Waals surface area (Å²) in [7, 11) is 0. The summed E-state index contributed by atoms with van der Waals surface area (Å²) in [5.41, 5.74) is 1.27. The van der Waals surface area contributed by atoms with Gasteiger partial charge in [-0.25, -0.2) is 0 Å². The van der Waals surface area contributed by atoms with E-state index in [4.69, 9.17) is 9.68 Å². The van der Waals surface area contributed by atoms with E-state index in [1.54, 1.807) is 0 Å². The molecule has 0 spiro atoms. The lowest BCUT2D eigenvalue weighted by molar-refractivity contribution is -0.257. The quantitative estimate of drug-likeness (QED) is 0.492. The summed E-state index contributed by atoms with van der Waals surface area (Å²) in [4.78, 5) is 21.0. The molecule has 0 bridgehead atoms. The zero-order valence-electron chi connectivity index (χ0n) is 18.5. The van der Waals surface area contributed by atoms with Crippen molar-refractivity contribution in [2.24, 2.45) is 21.8 Å². The maximum atomic E-state index is 5.88. The smallest absolute Gasteiger partial charge is 0.126 e. The van der Waals surface area contributed by atoms with Crippen molar-refractivity contribution in [2.45, 2.75) is 105 Å². The molecule has 25 heavy (non-hydrogen) atoms. The van der Waals surface area contributed by atoms with E-state index < -0.39 is 11.2 Å². The zero-order chi connectivity index (χ0) is 20.1. The lowest BCUT2D eigenvalue weighted by atomic mass is 9.93. The lowest BCUT2D eigenvalue weighted by Gasteiger charge is -2.34. The van der Waals surface area contributed by atoms with Gasteiger partial charge in [-0.1, -0.05) is 33.3 Å². The van der Waals surface area contributed by atoms with Gasteiger partial charge in [0.05, 0.1) is 11.1 Å². The van der Waals surface area contributed by atoms with Crippen molar-refractivity contribution in [3.8, 4) is 0 Å². The Labute approximate surface area is 155 Å². The van der Waals surface area contributed by atoms with E-state index in [9.17, 15) is 0 Å². The molecule has 5 heteroatoms. The van der Waals surface area contributed by atoms with Crippen molar-refractivity contribution in [3.63, 3.8) is 0 Å². The van der Waals surface area contributed by atoms with Gasteiger partial charge in [-0.05, 0) is 67.2 Å². The Balaban J connectivity index is 5.11. The van der Waals surface area contributed by atoms with Gasteiger partial charge in [0, 0.05) is 12.4 Å². The van der Waals surface area contributed by atoms with E-state index in [0.717, 1.165) is 0 Å². The van der Waals surface area contributed by atoms with E-state index in [1.807, 2.05) is 26.3 Å². The van der Waals surface area contributed by atoms with Gasteiger partial charge >= 0.3 is 0 Å². The molecule has 0 amide bonds. The molecular weight excluding hydrogens is 314 g/mol. The van der Waals surface area contributed by atoms with Crippen molar-refractivity contribution in [3.05, 3.63) is 0 Å². The molecule has 0 aliphatic carbocycles. The van der Waals surface area contributed by atoms with E-state index in [-0.39, 0.29) is 22.9 Å². The highest BCUT2D eigenvalue weighted by Gasteiger charge is 2.33. The van der Waals surface area contributed by atoms with Crippen LogP contribution in [0, 0.1) is 11.8 Å². The van der Waals surface area contributed by atoms with Gasteiger partial charge in [-0.2, -0.15) is 0 Å². The first-order chi connectivity index (χ1) is 11.0. The van der Waals surface area contributed by atoms with Crippen LogP contribution in [-0.2, 0) is 9.68 Å². The normalized spacial score (nSPS) is 19.1. The summed E-state index contributed by atoms with van der Waals surface area (Å²) < 4.78 is 0.